The Morgan fingerprint density at radius 2 is 2.05 bits per heavy atom. The summed E-state index contributed by atoms with van der Waals surface area (Å²) in [6.45, 7) is 3.09. The van der Waals surface area contributed by atoms with Crippen LogP contribution in [0.4, 0.5) is 4.79 Å². The van der Waals surface area contributed by atoms with Gasteiger partial charge in [0.05, 0.1) is 6.04 Å². The highest BCUT2D eigenvalue weighted by Crippen LogP contribution is 2.37. The second-order valence-electron chi connectivity index (χ2n) is 6.53. The van der Waals surface area contributed by atoms with Crippen molar-refractivity contribution in [3.8, 4) is 0 Å². The van der Waals surface area contributed by atoms with E-state index < -0.39 is 0 Å². The van der Waals surface area contributed by atoms with Crippen molar-refractivity contribution in [2.45, 2.75) is 64.0 Å². The highest BCUT2D eigenvalue weighted by Gasteiger charge is 2.31. The van der Waals surface area contributed by atoms with Crippen LogP contribution in [-0.4, -0.2) is 23.5 Å². The lowest BCUT2D eigenvalue weighted by atomic mass is 9.96. The molecule has 2 atom stereocenters. The molecular formula is C17H26N2OS. The van der Waals surface area contributed by atoms with Gasteiger partial charge in [-0.1, -0.05) is 18.9 Å². The number of likely N-dealkylation sites (tertiary alicyclic amines) is 1. The predicted octanol–water partition coefficient (Wildman–Crippen LogP) is 4.56. The minimum Gasteiger partial charge on any atom is -0.330 e. The molecule has 1 aliphatic carbocycles. The van der Waals surface area contributed by atoms with E-state index in [-0.39, 0.29) is 12.1 Å². The summed E-state index contributed by atoms with van der Waals surface area (Å²) in [6, 6.07) is 5.01. The molecule has 21 heavy (non-hydrogen) atoms. The van der Waals surface area contributed by atoms with Crippen molar-refractivity contribution in [2.24, 2.45) is 5.92 Å². The number of rotatable bonds is 3. The van der Waals surface area contributed by atoms with E-state index >= 15 is 0 Å². The fraction of sp³-hybridized carbons (Fsp3) is 0.706. The molecule has 2 fully saturated rings. The van der Waals surface area contributed by atoms with Gasteiger partial charge < -0.3 is 10.2 Å². The molecule has 116 valence electrons. The molecule has 3 nitrogen and oxygen atoms in total. The summed E-state index contributed by atoms with van der Waals surface area (Å²) in [4.78, 5) is 16.1. The van der Waals surface area contributed by atoms with Gasteiger partial charge in [0.25, 0.3) is 0 Å². The third-order valence-corrected chi connectivity index (χ3v) is 6.02. The lowest BCUT2D eigenvalue weighted by Gasteiger charge is -2.35. The van der Waals surface area contributed by atoms with E-state index in [1.807, 2.05) is 4.90 Å². The first-order chi connectivity index (χ1) is 10.3. The normalized spacial score (nSPS) is 25.0. The van der Waals surface area contributed by atoms with Gasteiger partial charge in [-0.15, -0.1) is 11.3 Å². The lowest BCUT2D eigenvalue weighted by molar-refractivity contribution is 0.151. The van der Waals surface area contributed by atoms with Gasteiger partial charge in [0, 0.05) is 17.5 Å². The van der Waals surface area contributed by atoms with Crippen LogP contribution in [0.25, 0.3) is 0 Å². The van der Waals surface area contributed by atoms with Gasteiger partial charge in [-0.05, 0) is 56.4 Å². The van der Waals surface area contributed by atoms with Crippen molar-refractivity contribution in [1.29, 1.82) is 0 Å². The Balaban J connectivity index is 1.70. The fourth-order valence-corrected chi connectivity index (χ4v) is 4.67. The number of thiophene rings is 1. The molecule has 0 radical (unpaired) electrons. The molecule has 1 aromatic rings. The number of hydrogen-bond donors (Lipinski definition) is 1. The van der Waals surface area contributed by atoms with Crippen molar-refractivity contribution >= 4 is 17.4 Å². The third kappa shape index (κ3) is 3.42. The summed E-state index contributed by atoms with van der Waals surface area (Å²) in [7, 11) is 0. The number of nitrogens with one attached hydrogen (secondary N) is 1. The molecule has 2 unspecified atom stereocenters. The molecule has 1 saturated carbocycles. The zero-order valence-electron chi connectivity index (χ0n) is 12.9. The van der Waals surface area contributed by atoms with Crippen LogP contribution >= 0.6 is 11.3 Å². The summed E-state index contributed by atoms with van der Waals surface area (Å²) < 4.78 is 0. The zero-order chi connectivity index (χ0) is 14.7. The van der Waals surface area contributed by atoms with Gasteiger partial charge in [0.2, 0.25) is 0 Å². The summed E-state index contributed by atoms with van der Waals surface area (Å²) in [6.07, 6.45) is 8.65. The zero-order valence-corrected chi connectivity index (χ0v) is 13.7. The quantitative estimate of drug-likeness (QED) is 0.872. The Hall–Kier alpha value is -1.03. The largest absolute Gasteiger partial charge is 0.330 e. The Labute approximate surface area is 131 Å². The minimum atomic E-state index is 0.146. The van der Waals surface area contributed by atoms with E-state index in [1.54, 1.807) is 11.3 Å². The van der Waals surface area contributed by atoms with Crippen LogP contribution < -0.4 is 5.32 Å². The van der Waals surface area contributed by atoms with Gasteiger partial charge in [-0.3, -0.25) is 0 Å². The highest BCUT2D eigenvalue weighted by atomic mass is 32.1. The van der Waals surface area contributed by atoms with Crippen LogP contribution in [0.2, 0.25) is 0 Å². The first-order valence-electron chi connectivity index (χ1n) is 8.36. The maximum atomic E-state index is 12.7. The van der Waals surface area contributed by atoms with Gasteiger partial charge in [-0.2, -0.15) is 0 Å². The van der Waals surface area contributed by atoms with E-state index in [9.17, 15) is 4.79 Å². The number of hydrogen-bond acceptors (Lipinski definition) is 2. The molecule has 1 saturated heterocycles. The Kier molecular flexibility index (Phi) is 4.84. The van der Waals surface area contributed by atoms with E-state index in [2.05, 4.69) is 29.8 Å². The average Bonchev–Trinajstić information content (AvgIpc) is 3.18. The average molecular weight is 306 g/mol. The Morgan fingerprint density at radius 3 is 2.71 bits per heavy atom. The van der Waals surface area contributed by atoms with E-state index in [4.69, 9.17) is 0 Å². The van der Waals surface area contributed by atoms with Crippen molar-refractivity contribution in [3.05, 3.63) is 22.4 Å². The van der Waals surface area contributed by atoms with Crippen molar-refractivity contribution < 1.29 is 4.79 Å². The second kappa shape index (κ2) is 6.82. The molecule has 2 heterocycles. The van der Waals surface area contributed by atoms with Crippen LogP contribution in [0, 0.1) is 5.92 Å². The van der Waals surface area contributed by atoms with Crippen LogP contribution in [0.5, 0.6) is 0 Å². The van der Waals surface area contributed by atoms with Crippen LogP contribution in [0.15, 0.2) is 17.5 Å². The monoisotopic (exact) mass is 306 g/mol. The van der Waals surface area contributed by atoms with Gasteiger partial charge >= 0.3 is 6.03 Å². The minimum absolute atomic E-state index is 0.146. The molecule has 0 spiro atoms. The van der Waals surface area contributed by atoms with E-state index in [0.717, 1.165) is 19.4 Å². The Morgan fingerprint density at radius 1 is 1.29 bits per heavy atom. The van der Waals surface area contributed by atoms with Crippen LogP contribution in [0.3, 0.4) is 0 Å². The molecule has 1 N–H and O–H groups in total. The summed E-state index contributed by atoms with van der Waals surface area (Å²) >= 11 is 1.77. The summed E-state index contributed by atoms with van der Waals surface area (Å²) in [5.41, 5.74) is 0. The maximum absolute atomic E-state index is 12.7. The van der Waals surface area contributed by atoms with Gasteiger partial charge in [0.15, 0.2) is 0 Å². The smallest absolute Gasteiger partial charge is 0.318 e. The van der Waals surface area contributed by atoms with E-state index in [1.165, 1.54) is 37.0 Å². The van der Waals surface area contributed by atoms with Gasteiger partial charge in [0.1, 0.15) is 0 Å². The molecule has 2 aliphatic rings. The maximum Gasteiger partial charge on any atom is 0.318 e. The first-order valence-corrected chi connectivity index (χ1v) is 9.24. The Bertz CT molecular complexity index is 453. The molecule has 1 aromatic heterocycles. The molecule has 2 amide bonds. The number of piperidine rings is 1. The molecule has 0 bridgehead atoms. The van der Waals surface area contributed by atoms with E-state index in [0.29, 0.717) is 12.0 Å². The summed E-state index contributed by atoms with van der Waals surface area (Å²) in [5.74, 6) is 0.618. The van der Waals surface area contributed by atoms with Crippen molar-refractivity contribution in [2.75, 3.05) is 6.54 Å². The standard InChI is InChI=1S/C17H26N2OS/c1-13-7-4-5-11-19(13)17(20)18-16(14-8-2-3-9-14)15-10-6-12-21-15/h6,10,12-14,16H,2-5,7-9,11H2,1H3,(H,18,20). The van der Waals surface area contributed by atoms with Gasteiger partial charge in [-0.25, -0.2) is 4.79 Å². The SMILES string of the molecule is CC1CCCCN1C(=O)NC(c1cccs1)C1CCCC1. The van der Waals surface area contributed by atoms with Crippen LogP contribution in [-0.2, 0) is 0 Å². The molecular weight excluding hydrogens is 280 g/mol. The molecule has 4 heteroatoms. The predicted molar refractivity (Wildman–Crippen MR) is 87.6 cm³/mol. The number of carbonyl (C=O) groups excluding carboxylic acids is 1. The summed E-state index contributed by atoms with van der Waals surface area (Å²) in [5, 5.41) is 5.48. The third-order valence-electron chi connectivity index (χ3n) is 5.06. The topological polar surface area (TPSA) is 32.3 Å². The van der Waals surface area contributed by atoms with Crippen LogP contribution in [0.1, 0.15) is 62.8 Å². The number of carbonyl (C=O) groups is 1. The molecule has 1 aliphatic heterocycles. The number of amides is 2. The number of nitrogens with zero attached hydrogens (tertiary/aromatic N) is 1. The fourth-order valence-electron chi connectivity index (χ4n) is 3.80. The molecule has 3 rings (SSSR count). The highest BCUT2D eigenvalue weighted by molar-refractivity contribution is 7.10. The first kappa shape index (κ1) is 14.9. The second-order valence-corrected chi connectivity index (χ2v) is 7.50. The lowest BCUT2D eigenvalue weighted by Crippen LogP contribution is -2.49. The molecule has 0 aromatic carbocycles. The van der Waals surface area contributed by atoms with Crippen molar-refractivity contribution in [1.82, 2.24) is 10.2 Å². The van der Waals surface area contributed by atoms with Crippen molar-refractivity contribution in [3.63, 3.8) is 0 Å². The number of urea groups is 1.